The van der Waals surface area contributed by atoms with E-state index in [2.05, 4.69) is 17.2 Å². The number of nitrogens with one attached hydrogen (secondary N) is 1. The van der Waals surface area contributed by atoms with Gasteiger partial charge in [0, 0.05) is 23.2 Å². The van der Waals surface area contributed by atoms with Crippen LogP contribution >= 0.6 is 11.3 Å². The Morgan fingerprint density at radius 2 is 2.22 bits per heavy atom. The maximum atomic E-state index is 13.0. The van der Waals surface area contributed by atoms with Gasteiger partial charge in [-0.2, -0.15) is 0 Å². The zero-order valence-electron chi connectivity index (χ0n) is 10.7. The molecule has 0 radical (unpaired) electrons. The smallest absolute Gasteiger partial charge is 0.123 e. The molecule has 2 nitrogen and oxygen atoms in total. The molecule has 18 heavy (non-hydrogen) atoms. The summed E-state index contributed by atoms with van der Waals surface area (Å²) in [6.45, 7) is 5.93. The van der Waals surface area contributed by atoms with Crippen LogP contribution in [0.2, 0.25) is 0 Å². The quantitative estimate of drug-likeness (QED) is 0.832. The van der Waals surface area contributed by atoms with Crippen LogP contribution < -0.4 is 5.32 Å². The number of aromatic nitrogens is 1. The third-order valence-corrected chi connectivity index (χ3v) is 3.73. The molecular weight excluding hydrogens is 247 g/mol. The van der Waals surface area contributed by atoms with Gasteiger partial charge < -0.3 is 5.32 Å². The van der Waals surface area contributed by atoms with Crippen molar-refractivity contribution in [3.05, 3.63) is 40.7 Å². The summed E-state index contributed by atoms with van der Waals surface area (Å²) >= 11 is 1.66. The molecule has 0 fully saturated rings. The highest BCUT2D eigenvalue weighted by molar-refractivity contribution is 7.15. The number of hydrogen-bond donors (Lipinski definition) is 1. The third-order valence-electron chi connectivity index (χ3n) is 2.70. The lowest BCUT2D eigenvalue weighted by molar-refractivity contribution is 0.627. The number of halogens is 1. The Kier molecular flexibility index (Phi) is 4.44. The van der Waals surface area contributed by atoms with E-state index in [1.165, 1.54) is 10.9 Å². The van der Waals surface area contributed by atoms with Gasteiger partial charge in [0.15, 0.2) is 0 Å². The lowest BCUT2D eigenvalue weighted by Crippen LogP contribution is -2.12. The van der Waals surface area contributed by atoms with Crippen molar-refractivity contribution in [3.8, 4) is 10.6 Å². The lowest BCUT2D eigenvalue weighted by Gasteiger charge is -2.01. The number of benzene rings is 1. The van der Waals surface area contributed by atoms with E-state index in [9.17, 15) is 4.39 Å². The first kappa shape index (κ1) is 13.2. The van der Waals surface area contributed by atoms with Crippen LogP contribution in [0.25, 0.3) is 10.6 Å². The molecule has 4 heteroatoms. The average Bonchev–Trinajstić information content (AvgIpc) is 2.78. The van der Waals surface area contributed by atoms with E-state index in [0.29, 0.717) is 0 Å². The van der Waals surface area contributed by atoms with Crippen LogP contribution in [-0.4, -0.2) is 11.5 Å². The second-order valence-corrected chi connectivity index (χ2v) is 5.38. The molecule has 0 amide bonds. The Labute approximate surface area is 111 Å². The van der Waals surface area contributed by atoms with Gasteiger partial charge >= 0.3 is 0 Å². The van der Waals surface area contributed by atoms with Crippen molar-refractivity contribution in [2.24, 2.45) is 0 Å². The number of thiazole rings is 1. The van der Waals surface area contributed by atoms with Gasteiger partial charge in [-0.25, -0.2) is 9.37 Å². The number of nitrogens with zero attached hydrogens (tertiary/aromatic N) is 1. The second-order valence-electron chi connectivity index (χ2n) is 4.27. The Bertz CT molecular complexity index is 522. The lowest BCUT2D eigenvalue weighted by atomic mass is 10.1. The summed E-state index contributed by atoms with van der Waals surface area (Å²) in [6, 6.07) is 4.83. The normalized spacial score (nSPS) is 10.8. The van der Waals surface area contributed by atoms with E-state index in [1.807, 2.05) is 13.1 Å². The first-order valence-electron chi connectivity index (χ1n) is 6.12. The van der Waals surface area contributed by atoms with Crippen molar-refractivity contribution in [1.29, 1.82) is 0 Å². The predicted octanol–water partition coefficient (Wildman–Crippen LogP) is 3.76. The van der Waals surface area contributed by atoms with Crippen molar-refractivity contribution in [2.75, 3.05) is 6.54 Å². The molecule has 0 aliphatic heterocycles. The standard InChI is InChI=1S/C14H17FN2S/c1-3-6-16-8-12-9-17-14(18-12)13-5-4-11(15)7-10(13)2/h4-5,7,9,16H,3,6,8H2,1-2H3. The molecule has 0 atom stereocenters. The molecule has 0 bridgehead atoms. The molecule has 1 heterocycles. The Morgan fingerprint density at radius 3 is 2.94 bits per heavy atom. The van der Waals surface area contributed by atoms with Gasteiger partial charge in [-0.1, -0.05) is 6.92 Å². The summed E-state index contributed by atoms with van der Waals surface area (Å²) in [5, 5.41) is 4.31. The topological polar surface area (TPSA) is 24.9 Å². The van der Waals surface area contributed by atoms with Crippen LogP contribution in [0.3, 0.4) is 0 Å². The van der Waals surface area contributed by atoms with Crippen LogP contribution in [0.15, 0.2) is 24.4 Å². The van der Waals surface area contributed by atoms with Crippen LogP contribution in [0, 0.1) is 12.7 Å². The highest BCUT2D eigenvalue weighted by atomic mass is 32.1. The molecule has 0 aliphatic rings. The van der Waals surface area contributed by atoms with Gasteiger partial charge in [0.05, 0.1) is 0 Å². The molecule has 0 aliphatic carbocycles. The number of rotatable bonds is 5. The Hall–Kier alpha value is -1.26. The maximum Gasteiger partial charge on any atom is 0.123 e. The van der Waals surface area contributed by atoms with E-state index in [1.54, 1.807) is 23.5 Å². The van der Waals surface area contributed by atoms with E-state index in [0.717, 1.165) is 35.6 Å². The summed E-state index contributed by atoms with van der Waals surface area (Å²) in [6.07, 6.45) is 3.02. The molecule has 0 saturated heterocycles. The van der Waals surface area contributed by atoms with Crippen molar-refractivity contribution < 1.29 is 4.39 Å². The van der Waals surface area contributed by atoms with Crippen molar-refractivity contribution in [1.82, 2.24) is 10.3 Å². The summed E-state index contributed by atoms with van der Waals surface area (Å²) in [4.78, 5) is 5.62. The van der Waals surface area contributed by atoms with Crippen LogP contribution in [0.5, 0.6) is 0 Å². The highest BCUT2D eigenvalue weighted by Crippen LogP contribution is 2.28. The second kappa shape index (κ2) is 6.07. The monoisotopic (exact) mass is 264 g/mol. The maximum absolute atomic E-state index is 13.0. The fraction of sp³-hybridized carbons (Fsp3) is 0.357. The van der Waals surface area contributed by atoms with Crippen molar-refractivity contribution in [2.45, 2.75) is 26.8 Å². The molecule has 0 spiro atoms. The molecule has 2 aromatic rings. The number of hydrogen-bond acceptors (Lipinski definition) is 3. The van der Waals surface area contributed by atoms with Gasteiger partial charge in [-0.15, -0.1) is 11.3 Å². The molecule has 0 unspecified atom stereocenters. The van der Waals surface area contributed by atoms with Gasteiger partial charge in [-0.3, -0.25) is 0 Å². The molecule has 1 aromatic carbocycles. The third kappa shape index (κ3) is 3.15. The fourth-order valence-electron chi connectivity index (χ4n) is 1.77. The van der Waals surface area contributed by atoms with Gasteiger partial charge in [0.2, 0.25) is 0 Å². The van der Waals surface area contributed by atoms with E-state index < -0.39 is 0 Å². The Balaban J connectivity index is 2.13. The molecule has 1 N–H and O–H groups in total. The molecule has 1 aromatic heterocycles. The highest BCUT2D eigenvalue weighted by Gasteiger charge is 2.07. The van der Waals surface area contributed by atoms with Crippen molar-refractivity contribution in [3.63, 3.8) is 0 Å². The van der Waals surface area contributed by atoms with Crippen LogP contribution in [0.4, 0.5) is 4.39 Å². The first-order valence-corrected chi connectivity index (χ1v) is 6.94. The van der Waals surface area contributed by atoms with Gasteiger partial charge in [-0.05, 0) is 43.7 Å². The van der Waals surface area contributed by atoms with Crippen LogP contribution in [-0.2, 0) is 6.54 Å². The molecular formula is C14H17FN2S. The summed E-state index contributed by atoms with van der Waals surface area (Å²) in [7, 11) is 0. The minimum Gasteiger partial charge on any atom is -0.312 e. The van der Waals surface area contributed by atoms with E-state index in [4.69, 9.17) is 0 Å². The molecule has 2 rings (SSSR count). The summed E-state index contributed by atoms with van der Waals surface area (Å²) in [5.41, 5.74) is 1.94. The van der Waals surface area contributed by atoms with Crippen molar-refractivity contribution >= 4 is 11.3 Å². The van der Waals surface area contributed by atoms with E-state index >= 15 is 0 Å². The predicted molar refractivity (Wildman–Crippen MR) is 74.2 cm³/mol. The van der Waals surface area contributed by atoms with Gasteiger partial charge in [0.1, 0.15) is 10.8 Å². The van der Waals surface area contributed by atoms with E-state index in [-0.39, 0.29) is 5.82 Å². The minimum absolute atomic E-state index is 0.197. The summed E-state index contributed by atoms with van der Waals surface area (Å²) in [5.74, 6) is -0.197. The number of aryl methyl sites for hydroxylation is 1. The zero-order chi connectivity index (χ0) is 13.0. The van der Waals surface area contributed by atoms with Gasteiger partial charge in [0.25, 0.3) is 0 Å². The summed E-state index contributed by atoms with van der Waals surface area (Å²) < 4.78 is 13.0. The Morgan fingerprint density at radius 1 is 1.39 bits per heavy atom. The van der Waals surface area contributed by atoms with Crippen LogP contribution in [0.1, 0.15) is 23.8 Å². The first-order chi connectivity index (χ1) is 8.70. The molecule has 0 saturated carbocycles. The zero-order valence-corrected chi connectivity index (χ0v) is 11.5. The average molecular weight is 264 g/mol. The SMILES string of the molecule is CCCNCc1cnc(-c2ccc(F)cc2C)s1. The molecule has 96 valence electrons. The minimum atomic E-state index is -0.197. The largest absolute Gasteiger partial charge is 0.312 e. The fourth-order valence-corrected chi connectivity index (χ4v) is 2.74.